The maximum Gasteiger partial charge on any atom is 0.261 e. The highest BCUT2D eigenvalue weighted by Crippen LogP contribution is 2.28. The molecule has 2 atom stereocenters. The Bertz CT molecular complexity index is 764. The van der Waals surface area contributed by atoms with Gasteiger partial charge in [0.2, 0.25) is 0 Å². The molecule has 0 bridgehead atoms. The first-order valence-electron chi connectivity index (χ1n) is 9.57. The van der Waals surface area contributed by atoms with E-state index in [9.17, 15) is 4.79 Å². The number of ether oxygens (including phenoxy) is 1. The Labute approximate surface area is 155 Å². The minimum absolute atomic E-state index is 0.00272. The van der Waals surface area contributed by atoms with Crippen LogP contribution in [0, 0.1) is 0 Å². The third-order valence-electron chi connectivity index (χ3n) is 5.60. The summed E-state index contributed by atoms with van der Waals surface area (Å²) in [5.41, 5.74) is 3.99. The van der Waals surface area contributed by atoms with E-state index in [-0.39, 0.29) is 5.91 Å². The molecule has 2 heterocycles. The lowest BCUT2D eigenvalue weighted by atomic mass is 9.98. The molecule has 26 heavy (non-hydrogen) atoms. The molecule has 136 valence electrons. The molecule has 4 rings (SSSR count). The van der Waals surface area contributed by atoms with Crippen molar-refractivity contribution in [1.29, 1.82) is 0 Å². The molecule has 4 heteroatoms. The van der Waals surface area contributed by atoms with Gasteiger partial charge in [-0.15, -0.1) is 0 Å². The second-order valence-corrected chi connectivity index (χ2v) is 7.21. The molecule has 1 amide bonds. The van der Waals surface area contributed by atoms with Gasteiger partial charge in [-0.1, -0.05) is 49.4 Å². The Balaban J connectivity index is 1.33. The van der Waals surface area contributed by atoms with Crippen LogP contribution < -0.4 is 10.1 Å². The number of nitrogens with one attached hydrogen (secondary N) is 1. The van der Waals surface area contributed by atoms with Gasteiger partial charge in [-0.2, -0.15) is 0 Å². The van der Waals surface area contributed by atoms with E-state index in [1.807, 2.05) is 24.3 Å². The van der Waals surface area contributed by atoms with Crippen LogP contribution in [0.15, 0.2) is 48.5 Å². The third kappa shape index (κ3) is 3.47. The van der Waals surface area contributed by atoms with Crippen LogP contribution in [0.4, 0.5) is 0 Å². The molecule has 0 fully saturated rings. The summed E-state index contributed by atoms with van der Waals surface area (Å²) in [6.45, 7) is 4.89. The van der Waals surface area contributed by atoms with Gasteiger partial charge in [0.05, 0.1) is 0 Å². The van der Waals surface area contributed by atoms with Gasteiger partial charge < -0.3 is 10.1 Å². The number of para-hydroxylation sites is 1. The lowest BCUT2D eigenvalue weighted by Gasteiger charge is -2.35. The highest BCUT2D eigenvalue weighted by molar-refractivity contribution is 5.82. The van der Waals surface area contributed by atoms with Crippen molar-refractivity contribution in [2.75, 3.05) is 13.1 Å². The van der Waals surface area contributed by atoms with Crippen LogP contribution in [0.5, 0.6) is 5.75 Å². The summed E-state index contributed by atoms with van der Waals surface area (Å²) in [5.74, 6) is 0.837. The Kier molecular flexibility index (Phi) is 4.93. The van der Waals surface area contributed by atoms with Gasteiger partial charge in [0.1, 0.15) is 5.75 Å². The van der Waals surface area contributed by atoms with Crippen LogP contribution in [-0.4, -0.2) is 36.0 Å². The first-order chi connectivity index (χ1) is 12.7. The number of nitrogens with zero attached hydrogens (tertiary/aromatic N) is 1. The molecule has 0 saturated heterocycles. The van der Waals surface area contributed by atoms with E-state index < -0.39 is 6.10 Å². The molecule has 2 aromatic rings. The van der Waals surface area contributed by atoms with E-state index in [1.165, 1.54) is 11.1 Å². The average molecular weight is 350 g/mol. The Hall–Kier alpha value is -2.33. The van der Waals surface area contributed by atoms with Crippen LogP contribution in [0.2, 0.25) is 0 Å². The molecule has 0 aliphatic carbocycles. The van der Waals surface area contributed by atoms with Gasteiger partial charge in [-0.05, 0) is 35.6 Å². The van der Waals surface area contributed by atoms with Crippen LogP contribution in [0.1, 0.15) is 30.0 Å². The van der Waals surface area contributed by atoms with Crippen molar-refractivity contribution in [2.24, 2.45) is 0 Å². The van der Waals surface area contributed by atoms with Crippen molar-refractivity contribution in [2.45, 2.75) is 44.9 Å². The van der Waals surface area contributed by atoms with Crippen molar-refractivity contribution < 1.29 is 9.53 Å². The number of hydrogen-bond acceptors (Lipinski definition) is 3. The van der Waals surface area contributed by atoms with E-state index in [4.69, 9.17) is 4.74 Å². The van der Waals surface area contributed by atoms with E-state index in [0.717, 1.165) is 37.2 Å². The minimum Gasteiger partial charge on any atom is -0.480 e. The third-order valence-corrected chi connectivity index (χ3v) is 5.60. The minimum atomic E-state index is -0.396. The fourth-order valence-electron chi connectivity index (χ4n) is 4.02. The van der Waals surface area contributed by atoms with Gasteiger partial charge in [0.25, 0.3) is 5.91 Å². The van der Waals surface area contributed by atoms with Crippen molar-refractivity contribution in [3.8, 4) is 5.75 Å². The van der Waals surface area contributed by atoms with Crippen LogP contribution in [0.3, 0.4) is 0 Å². The number of carbonyl (C=O) groups excluding carboxylic acids is 1. The van der Waals surface area contributed by atoms with Crippen molar-refractivity contribution in [3.05, 3.63) is 65.2 Å². The summed E-state index contributed by atoms with van der Waals surface area (Å²) in [7, 11) is 0. The van der Waals surface area contributed by atoms with Crippen molar-refractivity contribution in [3.63, 3.8) is 0 Å². The summed E-state index contributed by atoms with van der Waals surface area (Å²) in [6, 6.07) is 16.9. The van der Waals surface area contributed by atoms with Crippen LogP contribution >= 0.6 is 0 Å². The zero-order valence-electron chi connectivity index (χ0n) is 15.3. The molecule has 2 aliphatic heterocycles. The monoisotopic (exact) mass is 350 g/mol. The summed E-state index contributed by atoms with van der Waals surface area (Å²) >= 11 is 0. The standard InChI is InChI=1S/C22H26N2O2/c1-2-19(24-12-11-16-7-3-4-9-18(16)15-24)14-23-22(25)21-13-17-8-5-6-10-20(17)26-21/h3-10,19,21H,2,11-15H2,1H3,(H,23,25)/t19-,21-/m1/s1. The second kappa shape index (κ2) is 7.50. The van der Waals surface area contributed by atoms with Gasteiger partial charge >= 0.3 is 0 Å². The molecule has 0 unspecified atom stereocenters. The van der Waals surface area contributed by atoms with E-state index in [0.29, 0.717) is 19.0 Å². The summed E-state index contributed by atoms with van der Waals surface area (Å²) in [4.78, 5) is 15.1. The average Bonchev–Trinajstić information content (AvgIpc) is 3.12. The molecule has 1 N–H and O–H groups in total. The number of benzene rings is 2. The Morgan fingerprint density at radius 3 is 2.65 bits per heavy atom. The molecular formula is C22H26N2O2. The fourth-order valence-corrected chi connectivity index (χ4v) is 4.02. The quantitative estimate of drug-likeness (QED) is 0.901. The van der Waals surface area contributed by atoms with Gasteiger partial charge in [-0.3, -0.25) is 9.69 Å². The number of carbonyl (C=O) groups is 1. The largest absolute Gasteiger partial charge is 0.480 e. The van der Waals surface area contributed by atoms with Crippen molar-refractivity contribution in [1.82, 2.24) is 10.2 Å². The number of hydrogen-bond donors (Lipinski definition) is 1. The predicted molar refractivity (Wildman–Crippen MR) is 102 cm³/mol. The number of rotatable bonds is 5. The molecular weight excluding hydrogens is 324 g/mol. The highest BCUT2D eigenvalue weighted by atomic mass is 16.5. The van der Waals surface area contributed by atoms with E-state index in [2.05, 4.69) is 41.4 Å². The fraction of sp³-hybridized carbons (Fsp3) is 0.409. The first-order valence-corrected chi connectivity index (χ1v) is 9.57. The van der Waals surface area contributed by atoms with Crippen LogP contribution in [-0.2, 0) is 24.2 Å². The molecule has 0 saturated carbocycles. The molecule has 2 aliphatic rings. The SMILES string of the molecule is CC[C@H](CNC(=O)[C@H]1Cc2ccccc2O1)N1CCc2ccccc2C1. The summed E-state index contributed by atoms with van der Waals surface area (Å²) < 4.78 is 5.80. The maximum absolute atomic E-state index is 12.6. The second-order valence-electron chi connectivity index (χ2n) is 7.21. The molecule has 2 aromatic carbocycles. The predicted octanol–water partition coefficient (Wildman–Crippen LogP) is 2.94. The normalized spacial score (nSPS) is 20.0. The Morgan fingerprint density at radius 1 is 1.15 bits per heavy atom. The van der Waals surface area contributed by atoms with Crippen molar-refractivity contribution >= 4 is 5.91 Å². The highest BCUT2D eigenvalue weighted by Gasteiger charge is 2.29. The van der Waals surface area contributed by atoms with Gasteiger partial charge in [0.15, 0.2) is 6.10 Å². The molecule has 0 aromatic heterocycles. The molecule has 0 radical (unpaired) electrons. The Morgan fingerprint density at radius 2 is 1.88 bits per heavy atom. The van der Waals surface area contributed by atoms with Gasteiger partial charge in [0, 0.05) is 32.1 Å². The molecule has 4 nitrogen and oxygen atoms in total. The summed E-state index contributed by atoms with van der Waals surface area (Å²) in [5, 5.41) is 3.13. The number of fused-ring (bicyclic) bond motifs is 2. The van der Waals surface area contributed by atoms with Crippen LogP contribution in [0.25, 0.3) is 0 Å². The smallest absolute Gasteiger partial charge is 0.261 e. The maximum atomic E-state index is 12.6. The van der Waals surface area contributed by atoms with E-state index in [1.54, 1.807) is 0 Å². The lowest BCUT2D eigenvalue weighted by Crippen LogP contribution is -2.48. The summed E-state index contributed by atoms with van der Waals surface area (Å²) in [6.07, 6.45) is 2.37. The molecule has 0 spiro atoms. The first kappa shape index (κ1) is 17.1. The van der Waals surface area contributed by atoms with Gasteiger partial charge in [-0.25, -0.2) is 0 Å². The van der Waals surface area contributed by atoms with E-state index >= 15 is 0 Å². The zero-order valence-corrected chi connectivity index (χ0v) is 15.3. The number of amides is 1. The lowest BCUT2D eigenvalue weighted by molar-refractivity contribution is -0.127. The topological polar surface area (TPSA) is 41.6 Å². The zero-order chi connectivity index (χ0) is 17.9.